The molecule has 1 aliphatic heterocycles. The van der Waals surface area contributed by atoms with Gasteiger partial charge >= 0.3 is 23.0 Å². The van der Waals surface area contributed by atoms with Crippen LogP contribution in [0.1, 0.15) is 12.5 Å². The Labute approximate surface area is 230 Å². The first-order valence-electron chi connectivity index (χ1n) is 11.3. The largest absolute Gasteiger partial charge is 2.00 e. The second kappa shape index (κ2) is 13.6. The molecule has 36 heavy (non-hydrogen) atoms. The molecule has 1 heterocycles. The van der Waals surface area contributed by atoms with E-state index < -0.39 is 12.1 Å². The molecule has 0 N–H and O–H groups in total. The Balaban J connectivity index is 0.000000538. The van der Waals surface area contributed by atoms with Crippen LogP contribution >= 0.6 is 11.8 Å². The molecule has 1 amide bonds. The average molecular weight is 541 g/mol. The summed E-state index contributed by atoms with van der Waals surface area (Å²) in [5, 5.41) is 1.03. The van der Waals surface area contributed by atoms with Crippen molar-refractivity contribution < 1.29 is 36.1 Å². The third-order valence-corrected chi connectivity index (χ3v) is 6.72. The number of methoxy groups -OCH3 is 1. The number of esters is 1. The number of anilines is 1. The summed E-state index contributed by atoms with van der Waals surface area (Å²) >= 11 is 1.63. The minimum atomic E-state index is -0.829. The number of aryl methyl sites for hydroxylation is 1. The molecular formula is C29H27FeNO4S+2. The Bertz CT molecular complexity index is 986. The number of hydrogen-bond acceptors (Lipinski definition) is 5. The van der Waals surface area contributed by atoms with E-state index >= 15 is 0 Å². The molecule has 2 aliphatic carbocycles. The van der Waals surface area contributed by atoms with Crippen molar-refractivity contribution in [2.24, 2.45) is 0 Å². The van der Waals surface area contributed by atoms with Crippen LogP contribution in [0, 0.1) is 69.5 Å². The van der Waals surface area contributed by atoms with Gasteiger partial charge in [0.1, 0.15) is 5.75 Å². The van der Waals surface area contributed by atoms with Crippen LogP contribution in [0.3, 0.4) is 0 Å². The van der Waals surface area contributed by atoms with Gasteiger partial charge in [-0.3, -0.25) is 9.59 Å². The van der Waals surface area contributed by atoms with Crippen molar-refractivity contribution >= 4 is 29.3 Å². The number of amides is 1. The van der Waals surface area contributed by atoms with E-state index in [9.17, 15) is 9.59 Å². The second-order valence-corrected chi connectivity index (χ2v) is 9.22. The smallest absolute Gasteiger partial charge is 0.497 e. The van der Waals surface area contributed by atoms with Crippen molar-refractivity contribution in [2.45, 2.75) is 30.9 Å². The van der Waals surface area contributed by atoms with E-state index in [0.717, 1.165) is 21.8 Å². The average Bonchev–Trinajstić information content (AvgIpc) is 3.58. The van der Waals surface area contributed by atoms with E-state index in [1.807, 2.05) is 75.6 Å². The standard InChI is InChI=1S/C24H22NO4S.C5H5.Fe/c1-15-7-13-19(14-8-15)30-21-6-4-5-20(21)22-23(29-16(2)26)24(27)25(22)17-9-11-18(28-3)12-10-17;1-2-4-5-3-1;/h4-14,22-23H,1-3H3;1-5H;/q;;+2/t22-,23+;;/m1../s1. The Morgan fingerprint density at radius 2 is 1.50 bits per heavy atom. The predicted molar refractivity (Wildman–Crippen MR) is 138 cm³/mol. The van der Waals surface area contributed by atoms with Crippen molar-refractivity contribution in [1.29, 1.82) is 0 Å². The van der Waals surface area contributed by atoms with E-state index in [-0.39, 0.29) is 29.0 Å². The summed E-state index contributed by atoms with van der Waals surface area (Å²) in [6, 6.07) is 15.2. The van der Waals surface area contributed by atoms with Crippen LogP contribution in [-0.2, 0) is 31.4 Å². The molecule has 3 fully saturated rings. The fraction of sp³-hybridized carbons (Fsp3) is 0.172. The molecule has 1 saturated heterocycles. The first-order valence-corrected chi connectivity index (χ1v) is 12.1. The molecule has 2 aromatic carbocycles. The van der Waals surface area contributed by atoms with Gasteiger partial charge < -0.3 is 14.4 Å². The van der Waals surface area contributed by atoms with Crippen molar-refractivity contribution in [3.8, 4) is 5.75 Å². The third kappa shape index (κ3) is 6.87. The Kier molecular flexibility index (Phi) is 10.8. The first kappa shape index (κ1) is 28.6. The summed E-state index contributed by atoms with van der Waals surface area (Å²) < 4.78 is 10.6. The molecule has 0 unspecified atom stereocenters. The first-order chi connectivity index (χ1) is 17.0. The maximum Gasteiger partial charge on any atom is 2.00 e. The molecule has 5 nitrogen and oxygen atoms in total. The SMILES string of the molecule is COc1ccc(N2C(=O)[C@@H](OC(C)=O)[C@H]2[C]2[CH][CH][CH][C]2Sc2ccc(C)cc2)cc1.[CH]1[CH][CH][CH][CH]1.[Fe+2]. The number of carbonyl (C=O) groups excluding carboxylic acids is 2. The van der Waals surface area contributed by atoms with E-state index in [2.05, 4.69) is 31.2 Å². The summed E-state index contributed by atoms with van der Waals surface area (Å²) in [4.78, 5) is 27.3. The van der Waals surface area contributed by atoms with Gasteiger partial charge in [0.05, 0.1) is 13.2 Å². The number of ether oxygens (including phenoxy) is 2. The second-order valence-electron chi connectivity index (χ2n) is 8.10. The van der Waals surface area contributed by atoms with Gasteiger partial charge in [0.2, 0.25) is 6.10 Å². The molecule has 10 radical (unpaired) electrons. The Morgan fingerprint density at radius 1 is 0.889 bits per heavy atom. The molecule has 0 aromatic heterocycles. The minimum absolute atomic E-state index is 0. The van der Waals surface area contributed by atoms with Gasteiger partial charge in [-0.05, 0) is 94.7 Å². The topological polar surface area (TPSA) is 55.8 Å². The predicted octanol–water partition coefficient (Wildman–Crippen LogP) is 5.19. The monoisotopic (exact) mass is 541 g/mol. The number of hydrogen-bond donors (Lipinski definition) is 0. The maximum atomic E-state index is 12.9. The van der Waals surface area contributed by atoms with Gasteiger partial charge in [-0.15, -0.1) is 11.8 Å². The fourth-order valence-corrected chi connectivity index (χ4v) is 4.88. The molecule has 184 valence electrons. The van der Waals surface area contributed by atoms with Gasteiger partial charge in [0, 0.05) is 28.7 Å². The maximum absolute atomic E-state index is 12.9. The summed E-state index contributed by atoms with van der Waals surface area (Å²) in [5.74, 6) is 0.978. The van der Waals surface area contributed by atoms with Crippen LogP contribution in [0.2, 0.25) is 0 Å². The quantitative estimate of drug-likeness (QED) is 0.286. The zero-order valence-electron chi connectivity index (χ0n) is 20.2. The van der Waals surface area contributed by atoms with Gasteiger partial charge in [0.25, 0.3) is 5.91 Å². The molecule has 0 bridgehead atoms. The number of rotatable bonds is 6. The van der Waals surface area contributed by atoms with Crippen LogP contribution in [0.15, 0.2) is 53.4 Å². The molecule has 2 aromatic rings. The minimum Gasteiger partial charge on any atom is -0.497 e. The van der Waals surface area contributed by atoms with E-state index in [4.69, 9.17) is 9.47 Å². The molecule has 2 saturated carbocycles. The van der Waals surface area contributed by atoms with Crippen LogP contribution in [0.5, 0.6) is 5.75 Å². The summed E-state index contributed by atoms with van der Waals surface area (Å²) in [5.41, 5.74) is 1.94. The molecule has 7 heteroatoms. The summed E-state index contributed by atoms with van der Waals surface area (Å²) in [6.45, 7) is 3.38. The third-order valence-electron chi connectivity index (χ3n) is 5.62. The number of thioether (sulfide) groups is 1. The van der Waals surface area contributed by atoms with E-state index in [1.54, 1.807) is 23.8 Å². The number of β-lactam (4-membered cyclic amide) rings is 1. The fourth-order valence-electron chi connectivity index (χ4n) is 3.90. The number of carbonyl (C=O) groups is 2. The van der Waals surface area contributed by atoms with Crippen LogP contribution < -0.4 is 9.64 Å². The summed E-state index contributed by atoms with van der Waals surface area (Å²) in [6.07, 6.45) is 15.1. The Hall–Kier alpha value is -1.95. The van der Waals surface area contributed by atoms with Crippen molar-refractivity contribution in [1.82, 2.24) is 0 Å². The molecule has 0 spiro atoms. The van der Waals surface area contributed by atoms with Gasteiger partial charge in [0.15, 0.2) is 0 Å². The van der Waals surface area contributed by atoms with E-state index in [0.29, 0.717) is 5.75 Å². The van der Waals surface area contributed by atoms with Crippen LogP contribution in [0.25, 0.3) is 0 Å². The van der Waals surface area contributed by atoms with Gasteiger partial charge in [-0.25, -0.2) is 0 Å². The van der Waals surface area contributed by atoms with Crippen LogP contribution in [0.4, 0.5) is 5.69 Å². The zero-order valence-corrected chi connectivity index (χ0v) is 22.2. The number of nitrogens with zero attached hydrogens (tertiary/aromatic N) is 1. The Morgan fingerprint density at radius 3 is 2.06 bits per heavy atom. The normalized spacial score (nSPS) is 21.8. The molecule has 2 atom stereocenters. The zero-order chi connectivity index (χ0) is 24.8. The van der Waals surface area contributed by atoms with Crippen molar-refractivity contribution in [3.63, 3.8) is 0 Å². The van der Waals surface area contributed by atoms with Crippen LogP contribution in [-0.4, -0.2) is 31.1 Å². The van der Waals surface area contributed by atoms with E-state index in [1.165, 1.54) is 12.5 Å². The van der Waals surface area contributed by atoms with Gasteiger partial charge in [-0.1, -0.05) is 17.7 Å². The number of benzene rings is 2. The van der Waals surface area contributed by atoms with Crippen molar-refractivity contribution in [3.05, 3.63) is 117 Å². The molecular weight excluding hydrogens is 514 g/mol. The van der Waals surface area contributed by atoms with Gasteiger partial charge in [-0.2, -0.15) is 0 Å². The van der Waals surface area contributed by atoms with Crippen molar-refractivity contribution in [2.75, 3.05) is 12.0 Å². The molecule has 3 aliphatic rings. The summed E-state index contributed by atoms with van der Waals surface area (Å²) in [7, 11) is 1.60. The molecule has 5 rings (SSSR count).